The minimum absolute atomic E-state index is 0.0150. The highest BCUT2D eigenvalue weighted by Crippen LogP contribution is 2.50. The number of rotatable bonds is 3. The van der Waals surface area contributed by atoms with E-state index in [2.05, 4.69) is 124 Å². The Morgan fingerprint density at radius 2 is 0.903 bits per heavy atom. The molecule has 0 atom stereocenters. The van der Waals surface area contributed by atoms with Crippen LogP contribution in [0, 0.1) is 20.8 Å². The maximum atomic E-state index is 2.39. The van der Waals surface area contributed by atoms with Crippen molar-refractivity contribution < 1.29 is 0 Å². The lowest BCUT2D eigenvalue weighted by Crippen LogP contribution is -2.16. The summed E-state index contributed by atoms with van der Waals surface area (Å²) in [6.07, 6.45) is 0. The minimum Gasteiger partial charge on any atom is -0.310 e. The van der Waals surface area contributed by atoms with Gasteiger partial charge in [-0.25, -0.2) is 0 Å². The van der Waals surface area contributed by atoms with Crippen molar-refractivity contribution >= 4 is 17.1 Å². The van der Waals surface area contributed by atoms with Crippen LogP contribution in [0.5, 0.6) is 0 Å². The molecule has 0 N–H and O–H groups in total. The summed E-state index contributed by atoms with van der Waals surface area (Å²) in [6, 6.07) is 31.4. The summed E-state index contributed by atoms with van der Waals surface area (Å²) in [5.41, 5.74) is 13.0. The van der Waals surface area contributed by atoms with Gasteiger partial charge in [0.1, 0.15) is 0 Å². The third-order valence-electron chi connectivity index (χ3n) is 6.66. The number of hydrogen-bond acceptors (Lipinski definition) is 1. The predicted molar refractivity (Wildman–Crippen MR) is 133 cm³/mol. The lowest BCUT2D eigenvalue weighted by atomic mass is 9.82. The van der Waals surface area contributed by atoms with Gasteiger partial charge >= 0.3 is 0 Å². The Kier molecular flexibility index (Phi) is 4.51. The quantitative estimate of drug-likeness (QED) is 0.332. The lowest BCUT2D eigenvalue weighted by Gasteiger charge is -2.28. The fourth-order valence-electron chi connectivity index (χ4n) is 4.81. The summed E-state index contributed by atoms with van der Waals surface area (Å²) >= 11 is 0. The number of fused-ring (bicyclic) bond motifs is 3. The molecule has 1 aliphatic rings. The van der Waals surface area contributed by atoms with E-state index in [9.17, 15) is 0 Å². The Morgan fingerprint density at radius 3 is 1.45 bits per heavy atom. The van der Waals surface area contributed by atoms with Crippen LogP contribution in [0.1, 0.15) is 41.7 Å². The van der Waals surface area contributed by atoms with E-state index in [1.807, 2.05) is 0 Å². The first-order valence-corrected chi connectivity index (χ1v) is 11.0. The van der Waals surface area contributed by atoms with Crippen LogP contribution in [-0.2, 0) is 5.41 Å². The first kappa shape index (κ1) is 19.6. The second-order valence-electron chi connectivity index (χ2n) is 9.41. The highest BCUT2D eigenvalue weighted by Gasteiger charge is 2.36. The Balaban J connectivity index is 1.68. The fourth-order valence-corrected chi connectivity index (χ4v) is 4.81. The summed E-state index contributed by atoms with van der Waals surface area (Å²) in [6.45, 7) is 11.2. The van der Waals surface area contributed by atoms with Gasteiger partial charge in [-0.2, -0.15) is 0 Å². The van der Waals surface area contributed by atoms with Crippen molar-refractivity contribution in [1.82, 2.24) is 0 Å². The van der Waals surface area contributed by atoms with Crippen molar-refractivity contribution in [3.8, 4) is 11.1 Å². The summed E-state index contributed by atoms with van der Waals surface area (Å²) in [7, 11) is 0. The minimum atomic E-state index is -0.0150. The molecular weight excluding hydrogens is 374 g/mol. The Morgan fingerprint density at radius 1 is 0.484 bits per heavy atom. The number of hydrogen-bond donors (Lipinski definition) is 0. The molecule has 0 fully saturated rings. The first-order chi connectivity index (χ1) is 14.8. The van der Waals surface area contributed by atoms with E-state index < -0.39 is 0 Å². The van der Waals surface area contributed by atoms with E-state index >= 15 is 0 Å². The molecule has 0 aromatic heterocycles. The standard InChI is InChI=1S/C30H29N/c1-20-6-11-23(12-7-20)31(24-13-8-21(2)9-14-24)25-15-17-27-26-16-10-22(3)18-28(26)30(4,5)29(27)19-25/h6-19H,1-5H3. The van der Waals surface area contributed by atoms with Gasteiger partial charge in [0.15, 0.2) is 0 Å². The molecule has 0 saturated heterocycles. The van der Waals surface area contributed by atoms with Crippen molar-refractivity contribution in [2.24, 2.45) is 0 Å². The maximum absolute atomic E-state index is 2.39. The summed E-state index contributed by atoms with van der Waals surface area (Å²) < 4.78 is 0. The molecule has 1 heteroatoms. The number of anilines is 3. The van der Waals surface area contributed by atoms with Gasteiger partial charge in [-0.05, 0) is 79.4 Å². The maximum Gasteiger partial charge on any atom is 0.0465 e. The van der Waals surface area contributed by atoms with Gasteiger partial charge in [0.25, 0.3) is 0 Å². The molecule has 0 bridgehead atoms. The summed E-state index contributed by atoms with van der Waals surface area (Å²) in [5.74, 6) is 0. The molecule has 5 rings (SSSR count). The van der Waals surface area contributed by atoms with Gasteiger partial charge in [0, 0.05) is 22.5 Å². The van der Waals surface area contributed by atoms with Gasteiger partial charge in [0.2, 0.25) is 0 Å². The number of nitrogens with zero attached hydrogens (tertiary/aromatic N) is 1. The molecular formula is C30H29N. The van der Waals surface area contributed by atoms with Crippen LogP contribution >= 0.6 is 0 Å². The third-order valence-corrected chi connectivity index (χ3v) is 6.66. The van der Waals surface area contributed by atoms with Gasteiger partial charge in [-0.3, -0.25) is 0 Å². The molecule has 0 unspecified atom stereocenters. The molecule has 4 aromatic carbocycles. The summed E-state index contributed by atoms with van der Waals surface area (Å²) in [4.78, 5) is 2.36. The second kappa shape index (κ2) is 7.13. The molecule has 0 spiro atoms. The zero-order valence-electron chi connectivity index (χ0n) is 19.0. The fraction of sp³-hybridized carbons (Fsp3) is 0.200. The number of benzene rings is 4. The molecule has 31 heavy (non-hydrogen) atoms. The van der Waals surface area contributed by atoms with E-state index in [0.29, 0.717) is 0 Å². The van der Waals surface area contributed by atoms with Gasteiger partial charge in [0.05, 0.1) is 0 Å². The second-order valence-corrected chi connectivity index (χ2v) is 9.41. The van der Waals surface area contributed by atoms with Crippen molar-refractivity contribution in [3.63, 3.8) is 0 Å². The van der Waals surface area contributed by atoms with Crippen LogP contribution in [0.15, 0.2) is 84.9 Å². The number of aryl methyl sites for hydroxylation is 3. The highest BCUT2D eigenvalue weighted by atomic mass is 15.1. The van der Waals surface area contributed by atoms with Gasteiger partial charge in [-0.15, -0.1) is 0 Å². The highest BCUT2D eigenvalue weighted by molar-refractivity contribution is 5.85. The zero-order valence-corrected chi connectivity index (χ0v) is 19.0. The van der Waals surface area contributed by atoms with Crippen LogP contribution < -0.4 is 4.90 Å². The Bertz CT molecular complexity index is 1220. The van der Waals surface area contributed by atoms with Crippen LogP contribution in [0.25, 0.3) is 11.1 Å². The Labute approximate surface area is 186 Å². The van der Waals surface area contributed by atoms with Crippen molar-refractivity contribution in [2.75, 3.05) is 4.90 Å². The van der Waals surface area contributed by atoms with Gasteiger partial charge < -0.3 is 4.90 Å². The molecule has 0 radical (unpaired) electrons. The van der Waals surface area contributed by atoms with Crippen molar-refractivity contribution in [2.45, 2.75) is 40.0 Å². The predicted octanol–water partition coefficient (Wildman–Crippen LogP) is 8.39. The largest absolute Gasteiger partial charge is 0.310 e. The molecule has 0 amide bonds. The van der Waals surface area contributed by atoms with E-state index in [1.54, 1.807) is 0 Å². The van der Waals surface area contributed by atoms with Crippen LogP contribution in [-0.4, -0.2) is 0 Å². The normalized spacial score (nSPS) is 13.6. The zero-order chi connectivity index (χ0) is 21.8. The molecule has 1 aliphatic carbocycles. The smallest absolute Gasteiger partial charge is 0.0465 e. The lowest BCUT2D eigenvalue weighted by molar-refractivity contribution is 0.660. The van der Waals surface area contributed by atoms with Crippen LogP contribution in [0.2, 0.25) is 0 Å². The summed E-state index contributed by atoms with van der Waals surface area (Å²) in [5, 5.41) is 0. The molecule has 0 aliphatic heterocycles. The van der Waals surface area contributed by atoms with E-state index in [0.717, 1.165) is 0 Å². The van der Waals surface area contributed by atoms with E-state index in [-0.39, 0.29) is 5.41 Å². The monoisotopic (exact) mass is 403 g/mol. The van der Waals surface area contributed by atoms with Crippen molar-refractivity contribution in [1.29, 1.82) is 0 Å². The molecule has 0 heterocycles. The average Bonchev–Trinajstić information content (AvgIpc) is 2.97. The third kappa shape index (κ3) is 3.25. The molecule has 1 nitrogen and oxygen atoms in total. The van der Waals surface area contributed by atoms with E-state index in [1.165, 1.54) is 56.0 Å². The van der Waals surface area contributed by atoms with Crippen LogP contribution in [0.3, 0.4) is 0 Å². The Hall–Kier alpha value is -3.32. The molecule has 4 aromatic rings. The molecule has 0 saturated carbocycles. The SMILES string of the molecule is Cc1ccc(N(c2ccc(C)cc2)c2ccc3c(c2)C(C)(C)c2cc(C)ccc2-3)cc1. The van der Waals surface area contributed by atoms with Crippen LogP contribution in [0.4, 0.5) is 17.1 Å². The van der Waals surface area contributed by atoms with Crippen molar-refractivity contribution in [3.05, 3.63) is 113 Å². The average molecular weight is 404 g/mol. The molecule has 154 valence electrons. The van der Waals surface area contributed by atoms with Gasteiger partial charge in [-0.1, -0.05) is 79.1 Å². The van der Waals surface area contributed by atoms with E-state index in [4.69, 9.17) is 0 Å². The topological polar surface area (TPSA) is 3.24 Å². The first-order valence-electron chi connectivity index (χ1n) is 11.0.